The molecule has 99 heavy (non-hydrogen) atoms. The summed E-state index contributed by atoms with van der Waals surface area (Å²) in [6.07, 6.45) is 61.0. The van der Waals surface area contributed by atoms with E-state index < -0.39 is 97.5 Å². The Labute approximate surface area is 607 Å². The Balaban J connectivity index is 5.22. The molecule has 0 heterocycles. The van der Waals surface area contributed by atoms with Crippen LogP contribution >= 0.6 is 15.6 Å². The molecule has 17 nitrogen and oxygen atoms in total. The lowest BCUT2D eigenvalue weighted by Gasteiger charge is -2.21. The first-order valence-corrected chi connectivity index (χ1v) is 44.5. The second-order valence-electron chi connectivity index (χ2n) is 29.8. The van der Waals surface area contributed by atoms with Gasteiger partial charge in [0.15, 0.2) is 12.2 Å². The zero-order valence-corrected chi connectivity index (χ0v) is 66.6. The summed E-state index contributed by atoms with van der Waals surface area (Å²) in [6, 6.07) is 0. The van der Waals surface area contributed by atoms with Crippen molar-refractivity contribution in [2.75, 3.05) is 39.6 Å². The van der Waals surface area contributed by atoms with Crippen LogP contribution < -0.4 is 0 Å². The Morgan fingerprint density at radius 2 is 0.465 bits per heavy atom. The third-order valence-electron chi connectivity index (χ3n) is 18.7. The van der Waals surface area contributed by atoms with E-state index in [-0.39, 0.29) is 25.7 Å². The van der Waals surface area contributed by atoms with E-state index in [2.05, 4.69) is 41.5 Å². The van der Waals surface area contributed by atoms with E-state index >= 15 is 0 Å². The number of aliphatic hydroxyl groups is 1. The van der Waals surface area contributed by atoms with E-state index in [4.69, 9.17) is 37.0 Å². The van der Waals surface area contributed by atoms with Gasteiger partial charge in [0, 0.05) is 25.7 Å². The second kappa shape index (κ2) is 71.7. The van der Waals surface area contributed by atoms with E-state index in [9.17, 15) is 43.2 Å². The van der Waals surface area contributed by atoms with Crippen LogP contribution in [0.2, 0.25) is 0 Å². The molecule has 0 amide bonds. The summed E-state index contributed by atoms with van der Waals surface area (Å²) >= 11 is 0. The van der Waals surface area contributed by atoms with Crippen LogP contribution in [0.1, 0.15) is 420 Å². The van der Waals surface area contributed by atoms with Crippen molar-refractivity contribution in [3.8, 4) is 0 Å². The normalized spacial score (nSPS) is 13.9. The minimum Gasteiger partial charge on any atom is -0.462 e. The van der Waals surface area contributed by atoms with E-state index in [1.807, 2.05) is 0 Å². The van der Waals surface area contributed by atoms with Crippen molar-refractivity contribution in [1.29, 1.82) is 0 Å². The molecule has 0 rings (SSSR count). The maximum Gasteiger partial charge on any atom is 0.472 e. The molecule has 0 aromatic heterocycles. The zero-order chi connectivity index (χ0) is 72.8. The molecule has 0 aliphatic carbocycles. The van der Waals surface area contributed by atoms with Crippen molar-refractivity contribution in [1.82, 2.24) is 0 Å². The number of hydrogen-bond acceptors (Lipinski definition) is 15. The van der Waals surface area contributed by atoms with E-state index in [1.54, 1.807) is 0 Å². The quantitative estimate of drug-likeness (QED) is 0.0222. The molecule has 2 unspecified atom stereocenters. The van der Waals surface area contributed by atoms with Gasteiger partial charge in [0.25, 0.3) is 0 Å². The van der Waals surface area contributed by atoms with Crippen LogP contribution in [-0.2, 0) is 65.4 Å². The number of esters is 4. The summed E-state index contributed by atoms with van der Waals surface area (Å²) in [7, 11) is -9.92. The highest BCUT2D eigenvalue weighted by atomic mass is 31.2. The second-order valence-corrected chi connectivity index (χ2v) is 32.7. The fourth-order valence-corrected chi connectivity index (χ4v) is 13.9. The number of rotatable bonds is 79. The third-order valence-corrected chi connectivity index (χ3v) is 20.6. The third kappa shape index (κ3) is 74.1. The maximum atomic E-state index is 13.1. The van der Waals surface area contributed by atoms with Crippen LogP contribution in [-0.4, -0.2) is 96.7 Å². The molecule has 0 radical (unpaired) electrons. The maximum absolute atomic E-state index is 13.1. The van der Waals surface area contributed by atoms with Crippen LogP contribution in [0.4, 0.5) is 0 Å². The van der Waals surface area contributed by atoms with Gasteiger partial charge in [0.1, 0.15) is 19.3 Å². The van der Waals surface area contributed by atoms with Crippen molar-refractivity contribution in [2.24, 2.45) is 11.8 Å². The van der Waals surface area contributed by atoms with Crippen LogP contribution in [0.25, 0.3) is 0 Å². The van der Waals surface area contributed by atoms with Crippen molar-refractivity contribution in [3.05, 3.63) is 0 Å². The Bertz CT molecular complexity index is 1910. The van der Waals surface area contributed by atoms with Crippen molar-refractivity contribution >= 4 is 39.5 Å². The lowest BCUT2D eigenvalue weighted by molar-refractivity contribution is -0.161. The molecule has 0 aromatic rings. The van der Waals surface area contributed by atoms with Gasteiger partial charge in [0.05, 0.1) is 26.4 Å². The number of aliphatic hydroxyl groups excluding tert-OH is 1. The molecule has 5 atom stereocenters. The number of ether oxygens (including phenoxy) is 4. The summed E-state index contributed by atoms with van der Waals surface area (Å²) < 4.78 is 68.7. The number of carbonyl (C=O) groups excluding carboxylic acids is 4. The highest BCUT2D eigenvalue weighted by Crippen LogP contribution is 2.45. The smallest absolute Gasteiger partial charge is 0.462 e. The fourth-order valence-electron chi connectivity index (χ4n) is 12.4. The predicted molar refractivity (Wildman–Crippen MR) is 405 cm³/mol. The number of unbranched alkanes of at least 4 members (excludes halogenated alkanes) is 49. The molecule has 19 heteroatoms. The van der Waals surface area contributed by atoms with Crippen LogP contribution in [0.3, 0.4) is 0 Å². The Kier molecular flexibility index (Phi) is 70.3. The van der Waals surface area contributed by atoms with Gasteiger partial charge in [-0.2, -0.15) is 0 Å². The summed E-state index contributed by atoms with van der Waals surface area (Å²) in [6.45, 7) is 9.64. The van der Waals surface area contributed by atoms with Crippen LogP contribution in [0, 0.1) is 11.8 Å². The monoisotopic (exact) mass is 1450 g/mol. The molecule has 588 valence electrons. The van der Waals surface area contributed by atoms with Crippen molar-refractivity contribution in [3.63, 3.8) is 0 Å². The number of phosphoric ester groups is 2. The highest BCUT2D eigenvalue weighted by molar-refractivity contribution is 7.47. The van der Waals surface area contributed by atoms with Crippen molar-refractivity contribution < 1.29 is 80.2 Å². The Morgan fingerprint density at radius 3 is 0.687 bits per heavy atom. The molecule has 0 aliphatic heterocycles. The van der Waals surface area contributed by atoms with Gasteiger partial charge in [-0.1, -0.05) is 369 Å². The number of carbonyl (C=O) groups is 4. The van der Waals surface area contributed by atoms with Crippen LogP contribution in [0.5, 0.6) is 0 Å². The lowest BCUT2D eigenvalue weighted by Crippen LogP contribution is -2.30. The average molecular weight is 1450 g/mol. The fraction of sp³-hybridized carbons (Fsp3) is 0.950. The summed E-state index contributed by atoms with van der Waals surface area (Å²) in [5.41, 5.74) is 0. The summed E-state index contributed by atoms with van der Waals surface area (Å²) in [5, 5.41) is 10.6. The molecule has 0 aromatic carbocycles. The molecule has 0 bridgehead atoms. The largest absolute Gasteiger partial charge is 0.472 e. The van der Waals surface area contributed by atoms with E-state index in [1.165, 1.54) is 238 Å². The van der Waals surface area contributed by atoms with Gasteiger partial charge in [-0.15, -0.1) is 0 Å². The molecule has 0 saturated heterocycles. The first kappa shape index (κ1) is 97.1. The molecular formula is C80H156O17P2. The van der Waals surface area contributed by atoms with Crippen LogP contribution in [0.15, 0.2) is 0 Å². The zero-order valence-electron chi connectivity index (χ0n) is 64.8. The Hall–Kier alpha value is -1.94. The van der Waals surface area contributed by atoms with Gasteiger partial charge < -0.3 is 33.8 Å². The molecule has 0 spiro atoms. The average Bonchev–Trinajstić information content (AvgIpc) is 1.08. The standard InChI is InChI=1S/C80H156O17P2/c1-7-9-11-13-15-17-19-21-29-33-39-45-51-57-63-78(83)91-68-75(96-79(84)64-58-52-46-40-34-30-27-25-23-22-24-26-28-31-36-42-48-54-60-72(3)4)70-94-98(86,87)92-66-74(81)67-93-99(88,89)95-71-76(97-80(85)65-59-53-47-41-35-37-43-49-55-61-73(5)6)69-90-77(82)62-56-50-44-38-32-20-18-16-14-12-10-8-2/h72-76,81H,7-71H2,1-6H3,(H,86,87)(H,88,89)/t74-,75-,76-/m1/s1. The molecular weight excluding hydrogens is 1290 g/mol. The Morgan fingerprint density at radius 1 is 0.273 bits per heavy atom. The SMILES string of the molecule is CCCCCCCCCCCCCCCCC(=O)OC[C@H](COP(=O)(O)OC[C@@H](O)COP(=O)(O)OC[C@@H](COC(=O)CCCCCCCCCCCCCC)OC(=O)CCCCCCCCCCCC(C)C)OC(=O)CCCCCCCCCCCCCCCCCCCCC(C)C. The van der Waals surface area contributed by atoms with Crippen molar-refractivity contribution in [2.45, 2.75) is 439 Å². The minimum atomic E-state index is -4.96. The molecule has 3 N–H and O–H groups in total. The van der Waals surface area contributed by atoms with E-state index in [0.717, 1.165) is 102 Å². The summed E-state index contributed by atoms with van der Waals surface area (Å²) in [5.74, 6) is -0.552. The highest BCUT2D eigenvalue weighted by Gasteiger charge is 2.30. The lowest BCUT2D eigenvalue weighted by atomic mass is 10.0. The molecule has 0 fully saturated rings. The van der Waals surface area contributed by atoms with Gasteiger partial charge >= 0.3 is 39.5 Å². The van der Waals surface area contributed by atoms with Gasteiger partial charge in [0.2, 0.25) is 0 Å². The number of phosphoric acid groups is 2. The van der Waals surface area contributed by atoms with Gasteiger partial charge in [-0.25, -0.2) is 9.13 Å². The summed E-state index contributed by atoms with van der Waals surface area (Å²) in [4.78, 5) is 73.0. The van der Waals surface area contributed by atoms with Gasteiger partial charge in [-0.3, -0.25) is 37.3 Å². The molecule has 0 aliphatic rings. The minimum absolute atomic E-state index is 0.106. The first-order valence-electron chi connectivity index (χ1n) is 41.5. The first-order chi connectivity index (χ1) is 47.9. The predicted octanol–water partition coefficient (Wildman–Crippen LogP) is 23.9. The van der Waals surface area contributed by atoms with E-state index in [0.29, 0.717) is 25.7 Å². The molecule has 0 saturated carbocycles. The topological polar surface area (TPSA) is 237 Å². The van der Waals surface area contributed by atoms with Gasteiger partial charge in [-0.05, 0) is 37.5 Å². The number of hydrogen-bond donors (Lipinski definition) is 3.